The summed E-state index contributed by atoms with van der Waals surface area (Å²) < 4.78 is 13.4. The number of halogens is 1. The zero-order chi connectivity index (χ0) is 8.72. The maximum atomic E-state index is 12.5. The summed E-state index contributed by atoms with van der Waals surface area (Å²) >= 11 is 0. The number of aromatic nitrogens is 3. The van der Waals surface area contributed by atoms with Crippen LogP contribution in [0.2, 0.25) is 0 Å². The molecule has 2 aromatic rings. The third kappa shape index (κ3) is 0.714. The molecular weight excluding hydrogens is 165 g/mol. The van der Waals surface area contributed by atoms with Gasteiger partial charge in [0.15, 0.2) is 0 Å². The molecule has 0 bridgehead atoms. The number of hydrogen-bond donors (Lipinski definition) is 1. The van der Waals surface area contributed by atoms with Crippen LogP contribution in [0.3, 0.4) is 0 Å². The normalized spacial score (nSPS) is 10.8. The highest BCUT2D eigenvalue weighted by Gasteiger charge is 2.03. The van der Waals surface area contributed by atoms with E-state index in [0.717, 1.165) is 4.40 Å². The van der Waals surface area contributed by atoms with Crippen LogP contribution < -0.4 is 11.2 Å². The highest BCUT2D eigenvalue weighted by atomic mass is 19.2. The minimum absolute atomic E-state index is 0.133. The topological polar surface area (TPSA) is 59.3 Å². The molecule has 2 rings (SSSR count). The van der Waals surface area contributed by atoms with E-state index in [1.807, 2.05) is 0 Å². The molecule has 0 saturated heterocycles. The van der Waals surface area contributed by atoms with Crippen molar-refractivity contribution in [3.63, 3.8) is 0 Å². The number of nitrogens with one attached hydrogen (secondary N) is 1. The predicted octanol–water partition coefficient (Wildman–Crippen LogP) is -0.478. The lowest BCUT2D eigenvalue weighted by atomic mass is 10.5. The predicted molar refractivity (Wildman–Crippen MR) is 38.8 cm³/mol. The smallest absolute Gasteiger partial charge is 0.266 e. The van der Waals surface area contributed by atoms with E-state index in [1.54, 1.807) is 5.10 Å². The van der Waals surface area contributed by atoms with Crippen molar-refractivity contribution >= 4 is 5.52 Å². The van der Waals surface area contributed by atoms with E-state index < -0.39 is 11.2 Å². The minimum Gasteiger partial charge on any atom is -0.266 e. The van der Waals surface area contributed by atoms with Gasteiger partial charge in [-0.3, -0.25) is 9.20 Å². The second-order valence-electron chi connectivity index (χ2n) is 2.27. The van der Waals surface area contributed by atoms with E-state index >= 15 is 0 Å². The number of rotatable bonds is 0. The van der Waals surface area contributed by atoms with Gasteiger partial charge in [-0.25, -0.2) is 9.89 Å². The summed E-state index contributed by atoms with van der Waals surface area (Å²) in [5.74, 6) is 0. The Balaban J connectivity index is 3.18. The number of H-pyrrole nitrogens is 1. The Morgan fingerprint density at radius 1 is 1.42 bits per heavy atom. The molecule has 0 fully saturated rings. The molecule has 0 aromatic carbocycles. The van der Waals surface area contributed by atoms with Gasteiger partial charge in [0.1, 0.15) is 5.52 Å². The third-order valence-corrected chi connectivity index (χ3v) is 1.56. The summed E-state index contributed by atoms with van der Waals surface area (Å²) in [5, 5.41) is 1.73. The van der Waals surface area contributed by atoms with Crippen LogP contribution in [-0.2, 0) is 0 Å². The van der Waals surface area contributed by atoms with Crippen LogP contribution in [0.1, 0.15) is 0 Å². The summed E-state index contributed by atoms with van der Waals surface area (Å²) in [5.41, 5.74) is -1.43. The van der Waals surface area contributed by atoms with Gasteiger partial charge in [-0.2, -0.15) is 0 Å². The zero-order valence-electron chi connectivity index (χ0n) is 5.82. The fourth-order valence-electron chi connectivity index (χ4n) is 1.02. The molecule has 1 N–H and O–H groups in total. The molecule has 12 heavy (non-hydrogen) atoms. The molecule has 5 nitrogen and oxygen atoms in total. The van der Waals surface area contributed by atoms with Gasteiger partial charge in [0.25, 0.3) is 5.56 Å². The maximum absolute atomic E-state index is 12.5. The quantitative estimate of drug-likeness (QED) is 0.579. The summed E-state index contributed by atoms with van der Waals surface area (Å²) in [4.78, 5) is 21.5. The van der Waals surface area contributed by atoms with Gasteiger partial charge in [0.05, 0.1) is 0 Å². The van der Waals surface area contributed by atoms with E-state index in [4.69, 9.17) is 0 Å². The van der Waals surface area contributed by atoms with Gasteiger partial charge in [0, 0.05) is 6.20 Å². The van der Waals surface area contributed by atoms with E-state index in [1.165, 1.54) is 18.3 Å². The van der Waals surface area contributed by atoms with Crippen molar-refractivity contribution in [2.24, 2.45) is 0 Å². The van der Waals surface area contributed by atoms with Gasteiger partial charge in [-0.1, -0.05) is 9.39 Å². The monoisotopic (exact) mass is 169 g/mol. The Morgan fingerprint density at radius 3 is 2.92 bits per heavy atom. The zero-order valence-corrected chi connectivity index (χ0v) is 5.82. The molecule has 0 aliphatic carbocycles. The Hall–Kier alpha value is -1.85. The summed E-state index contributed by atoms with van der Waals surface area (Å²) in [6, 6.07) is 2.92. The molecular formula is C6H4FN3O2. The van der Waals surface area contributed by atoms with Gasteiger partial charge < -0.3 is 0 Å². The fraction of sp³-hybridized carbons (Fsp3) is 0. The number of aromatic amines is 1. The SMILES string of the molecule is O=c1[nH]n(F)c(=O)n2cccc12. The first-order chi connectivity index (χ1) is 5.70. The lowest BCUT2D eigenvalue weighted by Gasteiger charge is -1.93. The van der Waals surface area contributed by atoms with Crippen molar-refractivity contribution in [3.8, 4) is 0 Å². The molecule has 0 amide bonds. The van der Waals surface area contributed by atoms with Crippen LogP contribution in [-0.4, -0.2) is 14.4 Å². The summed E-state index contributed by atoms with van der Waals surface area (Å²) in [7, 11) is 0. The standard InChI is InChI=1S/C6H4FN3O2/c7-10-6(12)9-3-1-2-4(9)5(11)8-10/h1-3H,(H,8,11). The lowest BCUT2D eigenvalue weighted by Crippen LogP contribution is -2.30. The molecule has 6 heteroatoms. The van der Waals surface area contributed by atoms with Crippen LogP contribution in [0.15, 0.2) is 27.9 Å². The number of nitrogens with zero attached hydrogens (tertiary/aromatic N) is 2. The first kappa shape index (κ1) is 6.84. The highest BCUT2D eigenvalue weighted by molar-refractivity contribution is 5.43. The van der Waals surface area contributed by atoms with Crippen molar-refractivity contribution in [2.75, 3.05) is 0 Å². The Bertz CT molecular complexity index is 535. The molecule has 0 aliphatic rings. The van der Waals surface area contributed by atoms with Crippen molar-refractivity contribution in [1.82, 2.24) is 14.4 Å². The second kappa shape index (κ2) is 2.07. The van der Waals surface area contributed by atoms with Gasteiger partial charge in [-0.15, -0.1) is 0 Å². The average Bonchev–Trinajstić information content (AvgIpc) is 2.48. The number of fused-ring (bicyclic) bond motifs is 1. The average molecular weight is 169 g/mol. The molecule has 2 aromatic heterocycles. The van der Waals surface area contributed by atoms with E-state index in [-0.39, 0.29) is 10.4 Å². The van der Waals surface area contributed by atoms with Gasteiger partial charge >= 0.3 is 5.69 Å². The first-order valence-corrected chi connectivity index (χ1v) is 3.19. The third-order valence-electron chi connectivity index (χ3n) is 1.56. The lowest BCUT2D eigenvalue weighted by molar-refractivity contribution is 0.282. The minimum atomic E-state index is -0.922. The molecule has 62 valence electrons. The van der Waals surface area contributed by atoms with Crippen molar-refractivity contribution < 1.29 is 4.48 Å². The van der Waals surface area contributed by atoms with Crippen LogP contribution >= 0.6 is 0 Å². The fourth-order valence-corrected chi connectivity index (χ4v) is 1.02. The van der Waals surface area contributed by atoms with Gasteiger partial charge in [0.2, 0.25) is 0 Å². The van der Waals surface area contributed by atoms with Crippen LogP contribution in [0, 0.1) is 0 Å². The van der Waals surface area contributed by atoms with E-state index in [0.29, 0.717) is 0 Å². The second-order valence-corrected chi connectivity index (χ2v) is 2.27. The van der Waals surface area contributed by atoms with E-state index in [2.05, 4.69) is 0 Å². The molecule has 0 atom stereocenters. The van der Waals surface area contributed by atoms with Crippen molar-refractivity contribution in [2.45, 2.75) is 0 Å². The molecule has 0 radical (unpaired) electrons. The largest absolute Gasteiger partial charge is 0.376 e. The van der Waals surface area contributed by atoms with Crippen LogP contribution in [0.25, 0.3) is 5.52 Å². The molecule has 0 unspecified atom stereocenters. The Morgan fingerprint density at radius 2 is 2.17 bits per heavy atom. The highest BCUT2D eigenvalue weighted by Crippen LogP contribution is 1.91. The van der Waals surface area contributed by atoms with Crippen LogP contribution in [0.4, 0.5) is 4.48 Å². The van der Waals surface area contributed by atoms with Crippen molar-refractivity contribution in [3.05, 3.63) is 39.2 Å². The van der Waals surface area contributed by atoms with Crippen molar-refractivity contribution in [1.29, 1.82) is 0 Å². The Labute approximate surface area is 64.6 Å². The Kier molecular flexibility index (Phi) is 1.18. The molecule has 0 saturated carbocycles. The van der Waals surface area contributed by atoms with E-state index in [9.17, 15) is 14.1 Å². The number of hydrogen-bond acceptors (Lipinski definition) is 2. The summed E-state index contributed by atoms with van der Waals surface area (Å²) in [6.45, 7) is 0. The summed E-state index contributed by atoms with van der Waals surface area (Å²) in [6.07, 6.45) is 1.32. The van der Waals surface area contributed by atoms with Gasteiger partial charge in [-0.05, 0) is 12.1 Å². The molecule has 0 aliphatic heterocycles. The molecule has 2 heterocycles. The molecule has 0 spiro atoms. The maximum Gasteiger partial charge on any atom is 0.376 e. The van der Waals surface area contributed by atoms with Crippen LogP contribution in [0.5, 0.6) is 0 Å². The first-order valence-electron chi connectivity index (χ1n) is 3.19.